The van der Waals surface area contributed by atoms with E-state index in [-0.39, 0.29) is 0 Å². The highest BCUT2D eigenvalue weighted by atomic mass is 32.1. The molecule has 1 aromatic rings. The molecule has 0 saturated heterocycles. The maximum absolute atomic E-state index is 12.7. The van der Waals surface area contributed by atoms with E-state index >= 15 is 0 Å². The Morgan fingerprint density at radius 1 is 1.60 bits per heavy atom. The highest BCUT2D eigenvalue weighted by Gasteiger charge is 2.33. The zero-order valence-corrected chi connectivity index (χ0v) is 9.60. The van der Waals surface area contributed by atoms with Gasteiger partial charge in [0.2, 0.25) is 0 Å². The third-order valence-electron chi connectivity index (χ3n) is 2.36. The van der Waals surface area contributed by atoms with E-state index in [1.165, 1.54) is 18.4 Å². The van der Waals surface area contributed by atoms with Gasteiger partial charge in [0.25, 0.3) is 6.43 Å². The number of halogens is 2. The topological polar surface area (TPSA) is 42.1 Å². The van der Waals surface area contributed by atoms with E-state index in [9.17, 15) is 8.78 Å². The van der Waals surface area contributed by atoms with Crippen molar-refractivity contribution in [3.05, 3.63) is 16.1 Å². The molecule has 0 fully saturated rings. The van der Waals surface area contributed by atoms with Crippen molar-refractivity contribution in [3.63, 3.8) is 0 Å². The molecule has 1 unspecified atom stereocenters. The van der Waals surface area contributed by atoms with Gasteiger partial charge in [-0.2, -0.15) is 0 Å². The van der Waals surface area contributed by atoms with Crippen LogP contribution in [0.2, 0.25) is 0 Å². The van der Waals surface area contributed by atoms with Crippen LogP contribution < -0.4 is 5.73 Å². The summed E-state index contributed by atoms with van der Waals surface area (Å²) in [6, 6.07) is -0.796. The fourth-order valence-electron chi connectivity index (χ4n) is 1.64. The molecule has 0 amide bonds. The molecule has 0 spiro atoms. The molecule has 15 heavy (non-hydrogen) atoms. The summed E-state index contributed by atoms with van der Waals surface area (Å²) in [4.78, 5) is 6.70. The number of fused-ring (bicyclic) bond motifs is 1. The van der Waals surface area contributed by atoms with Crippen molar-refractivity contribution >= 4 is 11.3 Å². The fraction of sp³-hybridized carbons (Fsp3) is 0.667. The van der Waals surface area contributed by atoms with E-state index in [2.05, 4.69) is 10.7 Å². The molecular weight excluding hydrogens is 220 g/mol. The number of rotatable bonds is 1. The average Bonchev–Trinajstić information content (AvgIpc) is 2.67. The van der Waals surface area contributed by atoms with Gasteiger partial charge in [-0.3, -0.25) is 4.90 Å². The molecule has 0 aliphatic carbocycles. The monoisotopic (exact) mass is 235 g/mol. The van der Waals surface area contributed by atoms with Crippen molar-refractivity contribution in [2.75, 3.05) is 20.6 Å². The van der Waals surface area contributed by atoms with Crippen LogP contribution in [0.15, 0.2) is 5.51 Å². The van der Waals surface area contributed by atoms with Crippen LogP contribution in [0.3, 0.4) is 0 Å². The van der Waals surface area contributed by atoms with Crippen molar-refractivity contribution in [3.8, 4) is 0 Å². The second-order valence-electron chi connectivity index (χ2n) is 3.17. The minimum Gasteiger partial charge on any atom is -0.333 e. The SMILES string of the molecule is CN.CN1CCc2scnc2C1C(F)F. The number of nitrogens with two attached hydrogens (primary N) is 1. The zero-order valence-electron chi connectivity index (χ0n) is 8.78. The summed E-state index contributed by atoms with van der Waals surface area (Å²) < 4.78 is 25.3. The van der Waals surface area contributed by atoms with Gasteiger partial charge in [0, 0.05) is 11.4 Å². The van der Waals surface area contributed by atoms with E-state index in [1.54, 1.807) is 17.5 Å². The quantitative estimate of drug-likeness (QED) is 0.802. The van der Waals surface area contributed by atoms with Gasteiger partial charge in [0.05, 0.1) is 11.2 Å². The van der Waals surface area contributed by atoms with Gasteiger partial charge in [-0.05, 0) is 20.5 Å². The summed E-state index contributed by atoms with van der Waals surface area (Å²) in [6.45, 7) is 0.699. The van der Waals surface area contributed by atoms with Gasteiger partial charge in [0.15, 0.2) is 0 Å². The van der Waals surface area contributed by atoms with E-state index in [0.717, 1.165) is 11.3 Å². The van der Waals surface area contributed by atoms with Crippen molar-refractivity contribution in [2.24, 2.45) is 5.73 Å². The molecule has 0 saturated carbocycles. The minimum atomic E-state index is -2.34. The standard InChI is InChI=1S/C8H10F2N2S.CH5N/c1-12-3-2-5-6(11-4-13-5)7(12)8(9)10;1-2/h4,7-8H,2-3H2,1H3;2H2,1H3. The van der Waals surface area contributed by atoms with Crippen LogP contribution in [0.4, 0.5) is 8.78 Å². The largest absolute Gasteiger partial charge is 0.333 e. The second kappa shape index (κ2) is 5.48. The Balaban J connectivity index is 0.000000531. The van der Waals surface area contributed by atoms with Crippen LogP contribution in [0.25, 0.3) is 0 Å². The number of nitrogens with zero attached hydrogens (tertiary/aromatic N) is 2. The van der Waals surface area contributed by atoms with Crippen LogP contribution in [-0.2, 0) is 6.42 Å². The maximum Gasteiger partial charge on any atom is 0.259 e. The second-order valence-corrected chi connectivity index (χ2v) is 4.11. The number of likely N-dealkylation sites (N-methyl/N-ethyl adjacent to an activating group) is 1. The number of alkyl halides is 2. The highest BCUT2D eigenvalue weighted by Crippen LogP contribution is 2.33. The summed E-state index contributed by atoms with van der Waals surface area (Å²) in [5.41, 5.74) is 6.73. The summed E-state index contributed by atoms with van der Waals surface area (Å²) in [5.74, 6) is 0. The summed E-state index contributed by atoms with van der Waals surface area (Å²) in [7, 11) is 3.22. The molecule has 2 heterocycles. The first-order valence-electron chi connectivity index (χ1n) is 4.68. The number of thiazole rings is 1. The maximum atomic E-state index is 12.7. The fourth-order valence-corrected chi connectivity index (χ4v) is 2.44. The van der Waals surface area contributed by atoms with Crippen molar-refractivity contribution in [1.29, 1.82) is 0 Å². The minimum absolute atomic E-state index is 0.578. The van der Waals surface area contributed by atoms with E-state index < -0.39 is 12.5 Å². The molecule has 0 aromatic carbocycles. The van der Waals surface area contributed by atoms with Crippen LogP contribution in [0.1, 0.15) is 16.6 Å². The smallest absolute Gasteiger partial charge is 0.259 e. The molecule has 3 nitrogen and oxygen atoms in total. The Labute approximate surface area is 91.9 Å². The van der Waals surface area contributed by atoms with Crippen LogP contribution in [-0.4, -0.2) is 36.9 Å². The number of hydrogen-bond donors (Lipinski definition) is 1. The summed E-state index contributed by atoms with van der Waals surface area (Å²) >= 11 is 1.48. The Kier molecular flexibility index (Phi) is 4.56. The molecule has 2 N–H and O–H groups in total. The Hall–Kier alpha value is -0.590. The zero-order chi connectivity index (χ0) is 11.4. The van der Waals surface area contributed by atoms with Gasteiger partial charge >= 0.3 is 0 Å². The predicted octanol–water partition coefficient (Wildman–Crippen LogP) is 1.51. The Morgan fingerprint density at radius 2 is 2.27 bits per heavy atom. The average molecular weight is 235 g/mol. The van der Waals surface area contributed by atoms with Crippen LogP contribution in [0.5, 0.6) is 0 Å². The molecule has 1 atom stereocenters. The molecule has 1 aliphatic rings. The van der Waals surface area contributed by atoms with Crippen LogP contribution in [0, 0.1) is 0 Å². The first-order valence-corrected chi connectivity index (χ1v) is 5.56. The molecule has 2 rings (SSSR count). The van der Waals surface area contributed by atoms with Crippen LogP contribution >= 0.6 is 11.3 Å². The normalized spacial score (nSPS) is 20.8. The third kappa shape index (κ3) is 2.50. The predicted molar refractivity (Wildman–Crippen MR) is 57.3 cm³/mol. The lowest BCUT2D eigenvalue weighted by Crippen LogP contribution is -2.35. The lowest BCUT2D eigenvalue weighted by molar-refractivity contribution is 0.0299. The van der Waals surface area contributed by atoms with Gasteiger partial charge in [-0.1, -0.05) is 0 Å². The number of aromatic nitrogens is 1. The molecule has 0 bridgehead atoms. The van der Waals surface area contributed by atoms with Crippen molar-refractivity contribution < 1.29 is 8.78 Å². The molecule has 6 heteroatoms. The molecule has 0 radical (unpaired) electrons. The van der Waals surface area contributed by atoms with E-state index in [1.807, 2.05) is 0 Å². The van der Waals surface area contributed by atoms with Crippen molar-refractivity contribution in [1.82, 2.24) is 9.88 Å². The first-order chi connectivity index (χ1) is 7.20. The van der Waals surface area contributed by atoms with E-state index in [4.69, 9.17) is 0 Å². The molecular formula is C9H15F2N3S. The summed E-state index contributed by atoms with van der Waals surface area (Å²) in [5, 5.41) is 0. The Bertz CT molecular complexity index is 303. The molecule has 1 aromatic heterocycles. The van der Waals surface area contributed by atoms with Gasteiger partial charge in [0.1, 0.15) is 6.04 Å². The lowest BCUT2D eigenvalue weighted by Gasteiger charge is -2.30. The third-order valence-corrected chi connectivity index (χ3v) is 3.27. The van der Waals surface area contributed by atoms with Gasteiger partial charge < -0.3 is 5.73 Å². The van der Waals surface area contributed by atoms with Crippen molar-refractivity contribution in [2.45, 2.75) is 18.9 Å². The van der Waals surface area contributed by atoms with E-state index in [0.29, 0.717) is 12.2 Å². The molecule has 86 valence electrons. The summed E-state index contributed by atoms with van der Waals surface area (Å²) in [6.07, 6.45) is -1.49. The van der Waals surface area contributed by atoms with Gasteiger partial charge in [-0.25, -0.2) is 13.8 Å². The number of hydrogen-bond acceptors (Lipinski definition) is 4. The lowest BCUT2D eigenvalue weighted by atomic mass is 10.1. The molecule has 1 aliphatic heterocycles. The first kappa shape index (κ1) is 12.5. The highest BCUT2D eigenvalue weighted by molar-refractivity contribution is 7.09. The van der Waals surface area contributed by atoms with Gasteiger partial charge in [-0.15, -0.1) is 11.3 Å². The Morgan fingerprint density at radius 3 is 2.87 bits per heavy atom.